The Kier molecular flexibility index (Phi) is 10.9. The van der Waals surface area contributed by atoms with Crippen LogP contribution < -0.4 is 15.4 Å². The SMILES string of the molecule is COc1ccc(CNC(=O)[C@H](CS(=O)(=O)CC2CCCCC2)NC(=O)C2SCC(=C=O)N2OC(C)(C)C)cc1. The van der Waals surface area contributed by atoms with Crippen LogP contribution in [-0.2, 0) is 35.6 Å². The van der Waals surface area contributed by atoms with Crippen molar-refractivity contribution in [1.29, 1.82) is 0 Å². The number of methoxy groups -OCH3 is 1. The second-order valence-corrected chi connectivity index (χ2v) is 14.2. The second-order valence-electron chi connectivity index (χ2n) is 10.9. The highest BCUT2D eigenvalue weighted by molar-refractivity contribution is 8.01. The Morgan fingerprint density at radius 3 is 2.41 bits per heavy atom. The van der Waals surface area contributed by atoms with Gasteiger partial charge in [0.1, 0.15) is 23.4 Å². The van der Waals surface area contributed by atoms with E-state index in [1.54, 1.807) is 52.1 Å². The molecule has 0 bridgehead atoms. The minimum absolute atomic E-state index is 0.0133. The summed E-state index contributed by atoms with van der Waals surface area (Å²) in [4.78, 5) is 43.9. The van der Waals surface area contributed by atoms with Crippen molar-refractivity contribution < 1.29 is 32.4 Å². The molecule has 2 atom stereocenters. The van der Waals surface area contributed by atoms with Gasteiger partial charge in [0.15, 0.2) is 15.2 Å². The fourth-order valence-electron chi connectivity index (χ4n) is 4.60. The van der Waals surface area contributed by atoms with E-state index in [-0.39, 0.29) is 29.7 Å². The van der Waals surface area contributed by atoms with Crippen LogP contribution in [0.3, 0.4) is 0 Å². The maximum Gasteiger partial charge on any atom is 0.256 e. The van der Waals surface area contributed by atoms with Gasteiger partial charge in [-0.05, 0) is 57.2 Å². The normalized spacial score (nSPS) is 19.3. The number of nitrogens with zero attached hydrogens (tertiary/aromatic N) is 1. The number of hydrogen-bond acceptors (Lipinski definition) is 9. The van der Waals surface area contributed by atoms with Crippen LogP contribution in [0.5, 0.6) is 5.75 Å². The maximum absolute atomic E-state index is 13.4. The lowest BCUT2D eigenvalue weighted by Gasteiger charge is -2.31. The van der Waals surface area contributed by atoms with Gasteiger partial charge in [-0.2, -0.15) is 0 Å². The molecule has 10 nitrogen and oxygen atoms in total. The highest BCUT2D eigenvalue weighted by Crippen LogP contribution is 2.33. The summed E-state index contributed by atoms with van der Waals surface area (Å²) >= 11 is 1.14. The number of carbonyl (C=O) groups excluding carboxylic acids is 3. The van der Waals surface area contributed by atoms with Gasteiger partial charge >= 0.3 is 0 Å². The Balaban J connectivity index is 1.75. The third kappa shape index (κ3) is 9.56. The molecule has 12 heteroatoms. The molecule has 2 N–H and O–H groups in total. The lowest BCUT2D eigenvalue weighted by Crippen LogP contribution is -2.54. The zero-order valence-electron chi connectivity index (χ0n) is 23.0. The summed E-state index contributed by atoms with van der Waals surface area (Å²) in [7, 11) is -2.10. The first-order chi connectivity index (χ1) is 18.4. The Hall–Kier alpha value is -2.53. The molecule has 1 heterocycles. The van der Waals surface area contributed by atoms with E-state index in [4.69, 9.17) is 9.57 Å². The largest absolute Gasteiger partial charge is 0.497 e. The Morgan fingerprint density at radius 1 is 1.15 bits per heavy atom. The number of benzene rings is 1. The van der Waals surface area contributed by atoms with Crippen molar-refractivity contribution in [3.05, 3.63) is 35.5 Å². The monoisotopic (exact) mass is 581 g/mol. The number of hydrogen-bond donors (Lipinski definition) is 2. The number of amides is 2. The molecule has 0 radical (unpaired) electrons. The molecule has 1 aromatic carbocycles. The van der Waals surface area contributed by atoms with Crippen molar-refractivity contribution in [3.63, 3.8) is 0 Å². The molecule has 1 aliphatic carbocycles. The first-order valence-electron chi connectivity index (χ1n) is 13.2. The molecule has 3 rings (SSSR count). The van der Waals surface area contributed by atoms with Crippen molar-refractivity contribution in [3.8, 4) is 5.75 Å². The summed E-state index contributed by atoms with van der Waals surface area (Å²) in [5.41, 5.74) is 0.251. The fraction of sp³-hybridized carbons (Fsp3) is 0.630. The summed E-state index contributed by atoms with van der Waals surface area (Å²) in [6.45, 7) is 5.48. The van der Waals surface area contributed by atoms with Crippen molar-refractivity contribution in [2.45, 2.75) is 76.4 Å². The van der Waals surface area contributed by atoms with Gasteiger partial charge in [0.05, 0.1) is 24.2 Å². The van der Waals surface area contributed by atoms with Crippen LogP contribution in [-0.4, -0.2) is 72.6 Å². The number of hydroxylamine groups is 2. The van der Waals surface area contributed by atoms with E-state index in [1.807, 2.05) is 5.94 Å². The van der Waals surface area contributed by atoms with Crippen LogP contribution in [0.25, 0.3) is 0 Å². The van der Waals surface area contributed by atoms with Crippen LogP contribution in [0, 0.1) is 5.92 Å². The molecule has 1 saturated heterocycles. The van der Waals surface area contributed by atoms with Crippen molar-refractivity contribution in [2.24, 2.45) is 5.92 Å². The molecule has 1 aliphatic heterocycles. The van der Waals surface area contributed by atoms with E-state index in [0.29, 0.717) is 5.75 Å². The summed E-state index contributed by atoms with van der Waals surface area (Å²) in [6, 6.07) is 5.78. The molecule has 0 spiro atoms. The van der Waals surface area contributed by atoms with Crippen molar-refractivity contribution in [1.82, 2.24) is 15.7 Å². The third-order valence-corrected chi connectivity index (χ3v) is 9.45. The predicted octanol–water partition coefficient (Wildman–Crippen LogP) is 2.61. The quantitative estimate of drug-likeness (QED) is 0.379. The topological polar surface area (TPSA) is 131 Å². The van der Waals surface area contributed by atoms with E-state index in [2.05, 4.69) is 10.6 Å². The predicted molar refractivity (Wildman–Crippen MR) is 150 cm³/mol. The molecule has 2 fully saturated rings. The van der Waals surface area contributed by atoms with Gasteiger partial charge in [-0.15, -0.1) is 11.8 Å². The molecule has 2 aliphatic rings. The van der Waals surface area contributed by atoms with Crippen molar-refractivity contribution >= 4 is 39.4 Å². The fourth-order valence-corrected chi connectivity index (χ4v) is 7.56. The van der Waals surface area contributed by atoms with E-state index in [0.717, 1.165) is 49.4 Å². The van der Waals surface area contributed by atoms with Gasteiger partial charge in [-0.25, -0.2) is 18.3 Å². The number of nitrogens with one attached hydrogen (secondary N) is 2. The van der Waals surface area contributed by atoms with Gasteiger partial charge in [0, 0.05) is 12.3 Å². The van der Waals surface area contributed by atoms with Crippen LogP contribution in [0.4, 0.5) is 0 Å². The Morgan fingerprint density at radius 2 is 1.82 bits per heavy atom. The first-order valence-corrected chi connectivity index (χ1v) is 16.0. The minimum Gasteiger partial charge on any atom is -0.497 e. The molecular weight excluding hydrogens is 542 g/mol. The molecular formula is C27H39N3O7S2. The molecule has 216 valence electrons. The zero-order chi connectivity index (χ0) is 28.6. The summed E-state index contributed by atoms with van der Waals surface area (Å²) in [5.74, 6) is 0.984. The van der Waals surface area contributed by atoms with Crippen LogP contribution >= 0.6 is 11.8 Å². The average molecular weight is 582 g/mol. The summed E-state index contributed by atoms with van der Waals surface area (Å²) in [5, 5.41) is 5.61. The second kappa shape index (κ2) is 13.7. The number of rotatable bonds is 11. The lowest BCUT2D eigenvalue weighted by molar-refractivity contribution is -0.209. The van der Waals surface area contributed by atoms with E-state index < -0.39 is 44.4 Å². The number of carbonyl (C=O) groups is 2. The maximum atomic E-state index is 13.4. The van der Waals surface area contributed by atoms with Gasteiger partial charge in [-0.1, -0.05) is 31.4 Å². The molecule has 0 aromatic heterocycles. The van der Waals surface area contributed by atoms with Gasteiger partial charge in [0.2, 0.25) is 5.91 Å². The van der Waals surface area contributed by atoms with Crippen LogP contribution in [0.15, 0.2) is 30.0 Å². The number of sulfone groups is 1. The molecule has 39 heavy (non-hydrogen) atoms. The van der Waals surface area contributed by atoms with E-state index >= 15 is 0 Å². The average Bonchev–Trinajstić information content (AvgIpc) is 3.28. The smallest absolute Gasteiger partial charge is 0.256 e. The zero-order valence-corrected chi connectivity index (χ0v) is 24.7. The first kappa shape index (κ1) is 31.0. The molecule has 1 saturated carbocycles. The van der Waals surface area contributed by atoms with Gasteiger partial charge in [0.25, 0.3) is 5.91 Å². The molecule has 2 amide bonds. The van der Waals surface area contributed by atoms with Crippen LogP contribution in [0.2, 0.25) is 0 Å². The Labute approximate surface area is 235 Å². The van der Waals surface area contributed by atoms with E-state index in [9.17, 15) is 22.8 Å². The number of thioether (sulfide) groups is 1. The number of ether oxygens (including phenoxy) is 1. The molecule has 1 aromatic rings. The standard InChI is InChI=1S/C27H39N3O7S2/c1-27(2,3)37-30-21(15-31)16-38-26(30)25(33)29-23(18-39(34,35)17-20-8-6-5-7-9-20)24(32)28-14-19-10-12-22(36-4)13-11-19/h10-13,20,23,26H,5-9,14,16-18H2,1-4H3,(H,28,32)(H,29,33)/t23-,26?/m0/s1. The summed E-state index contributed by atoms with van der Waals surface area (Å²) < 4.78 is 31.5. The Bertz CT molecular complexity index is 1150. The summed E-state index contributed by atoms with van der Waals surface area (Å²) in [6.07, 6.45) is 4.79. The minimum atomic E-state index is -3.66. The van der Waals surface area contributed by atoms with Crippen LogP contribution in [0.1, 0.15) is 58.4 Å². The highest BCUT2D eigenvalue weighted by Gasteiger charge is 2.40. The van der Waals surface area contributed by atoms with Gasteiger partial charge < -0.3 is 15.4 Å². The van der Waals surface area contributed by atoms with Gasteiger partial charge in [-0.3, -0.25) is 14.4 Å². The molecule has 1 unspecified atom stereocenters. The van der Waals surface area contributed by atoms with Crippen molar-refractivity contribution in [2.75, 3.05) is 24.4 Å². The van der Waals surface area contributed by atoms with E-state index in [1.165, 1.54) is 5.06 Å². The highest BCUT2D eigenvalue weighted by atomic mass is 32.2. The third-order valence-electron chi connectivity index (χ3n) is 6.47. The lowest BCUT2D eigenvalue weighted by atomic mass is 9.91.